The highest BCUT2D eigenvalue weighted by Gasteiger charge is 2.20. The summed E-state index contributed by atoms with van der Waals surface area (Å²) in [4.78, 5) is 0. The van der Waals surface area contributed by atoms with Gasteiger partial charge in [-0.2, -0.15) is 0 Å². The number of rotatable bonds is 3. The molecule has 1 aromatic carbocycles. The quantitative estimate of drug-likeness (QED) is 0.860. The van der Waals surface area contributed by atoms with Crippen LogP contribution in [0.25, 0.3) is 0 Å². The minimum absolute atomic E-state index is 0.234. The van der Waals surface area contributed by atoms with E-state index in [0.717, 1.165) is 18.4 Å². The fourth-order valence-corrected chi connectivity index (χ4v) is 3.74. The minimum atomic E-state index is -0.880. The van der Waals surface area contributed by atoms with E-state index in [9.17, 15) is 4.21 Å². The van der Waals surface area contributed by atoms with Gasteiger partial charge >= 0.3 is 0 Å². The predicted molar refractivity (Wildman–Crippen MR) is 71.6 cm³/mol. The van der Waals surface area contributed by atoms with E-state index in [1.165, 1.54) is 0 Å². The summed E-state index contributed by atoms with van der Waals surface area (Å²) in [5.41, 5.74) is 7.17. The highest BCUT2D eigenvalue weighted by atomic mass is 35.5. The summed E-state index contributed by atoms with van der Waals surface area (Å²) >= 11 is 6.07. The third kappa shape index (κ3) is 3.44. The lowest BCUT2D eigenvalue weighted by molar-refractivity contribution is 0.0992. The van der Waals surface area contributed by atoms with Crippen LogP contribution in [0.2, 0.25) is 5.02 Å². The third-order valence-electron chi connectivity index (χ3n) is 2.91. The Kier molecular flexibility index (Phi) is 4.42. The van der Waals surface area contributed by atoms with Gasteiger partial charge in [-0.25, -0.2) is 0 Å². The lowest BCUT2D eigenvalue weighted by atomic mass is 10.2. The summed E-state index contributed by atoms with van der Waals surface area (Å²) in [5, 5.41) is 0.836. The van der Waals surface area contributed by atoms with Crippen LogP contribution >= 0.6 is 11.6 Å². The standard InChI is InChI=1S/C12H16ClNO2S/c13-12-7-10(14)2-1-9(12)8-17(15)11-3-5-16-6-4-11/h1-2,7,11H,3-6,8,14H2. The van der Waals surface area contributed by atoms with E-state index in [1.807, 2.05) is 6.07 Å². The molecule has 1 atom stereocenters. The van der Waals surface area contributed by atoms with Crippen LogP contribution in [0.1, 0.15) is 18.4 Å². The minimum Gasteiger partial charge on any atom is -0.399 e. The topological polar surface area (TPSA) is 52.3 Å². The second-order valence-corrected chi connectivity index (χ2v) is 6.31. The van der Waals surface area contributed by atoms with Gasteiger partial charge in [-0.15, -0.1) is 0 Å². The molecule has 0 aromatic heterocycles. The highest BCUT2D eigenvalue weighted by Crippen LogP contribution is 2.23. The van der Waals surface area contributed by atoms with Crippen molar-refractivity contribution in [2.24, 2.45) is 0 Å². The van der Waals surface area contributed by atoms with Crippen molar-refractivity contribution in [3.8, 4) is 0 Å². The van der Waals surface area contributed by atoms with Crippen LogP contribution in [0, 0.1) is 0 Å². The van der Waals surface area contributed by atoms with Crippen molar-refractivity contribution >= 4 is 28.1 Å². The van der Waals surface area contributed by atoms with E-state index in [2.05, 4.69) is 0 Å². The van der Waals surface area contributed by atoms with Crippen molar-refractivity contribution in [3.05, 3.63) is 28.8 Å². The molecule has 2 rings (SSSR count). The molecule has 94 valence electrons. The number of halogens is 1. The molecule has 1 aromatic rings. The molecule has 1 fully saturated rings. The molecule has 1 unspecified atom stereocenters. The molecule has 0 bridgehead atoms. The number of nitrogen functional groups attached to an aromatic ring is 1. The molecule has 0 saturated carbocycles. The molecular formula is C12H16ClNO2S. The van der Waals surface area contributed by atoms with Crippen LogP contribution in [0.4, 0.5) is 5.69 Å². The zero-order chi connectivity index (χ0) is 12.3. The lowest BCUT2D eigenvalue weighted by Gasteiger charge is -2.21. The number of ether oxygens (including phenoxy) is 1. The van der Waals surface area contributed by atoms with Crippen LogP contribution in [-0.2, 0) is 21.3 Å². The molecule has 5 heteroatoms. The van der Waals surface area contributed by atoms with Gasteiger partial charge in [0.1, 0.15) is 0 Å². The second kappa shape index (κ2) is 5.85. The zero-order valence-electron chi connectivity index (χ0n) is 9.52. The Labute approximate surface area is 109 Å². The van der Waals surface area contributed by atoms with Crippen molar-refractivity contribution in [1.82, 2.24) is 0 Å². The van der Waals surface area contributed by atoms with Gasteiger partial charge in [0.25, 0.3) is 0 Å². The Morgan fingerprint density at radius 3 is 2.76 bits per heavy atom. The Morgan fingerprint density at radius 1 is 1.41 bits per heavy atom. The van der Waals surface area contributed by atoms with Crippen LogP contribution in [0.5, 0.6) is 0 Å². The van der Waals surface area contributed by atoms with Crippen molar-refractivity contribution in [1.29, 1.82) is 0 Å². The first-order valence-corrected chi connectivity index (χ1v) is 7.41. The molecule has 1 aliphatic heterocycles. The van der Waals surface area contributed by atoms with Crippen molar-refractivity contribution in [2.45, 2.75) is 23.8 Å². The van der Waals surface area contributed by atoms with Crippen LogP contribution in [-0.4, -0.2) is 22.7 Å². The molecule has 0 amide bonds. The Hall–Kier alpha value is -0.580. The van der Waals surface area contributed by atoms with Gasteiger partial charge in [-0.1, -0.05) is 17.7 Å². The average molecular weight is 274 g/mol. The van der Waals surface area contributed by atoms with Gasteiger partial charge in [-0.05, 0) is 30.5 Å². The SMILES string of the molecule is Nc1ccc(CS(=O)C2CCOCC2)c(Cl)c1. The maximum absolute atomic E-state index is 12.2. The highest BCUT2D eigenvalue weighted by molar-refractivity contribution is 7.84. The van der Waals surface area contributed by atoms with Gasteiger partial charge in [-0.3, -0.25) is 4.21 Å². The number of anilines is 1. The van der Waals surface area contributed by atoms with Crippen molar-refractivity contribution in [3.63, 3.8) is 0 Å². The molecular weight excluding hydrogens is 258 g/mol. The average Bonchev–Trinajstić information content (AvgIpc) is 2.34. The molecule has 1 saturated heterocycles. The predicted octanol–water partition coefficient (Wildman–Crippen LogP) is 2.35. The van der Waals surface area contributed by atoms with E-state index in [1.54, 1.807) is 12.1 Å². The number of benzene rings is 1. The number of hydrogen-bond donors (Lipinski definition) is 1. The first-order chi connectivity index (χ1) is 8.16. The number of hydrogen-bond acceptors (Lipinski definition) is 3. The van der Waals surface area contributed by atoms with E-state index in [0.29, 0.717) is 29.7 Å². The molecule has 2 N–H and O–H groups in total. The Bertz CT molecular complexity index is 419. The lowest BCUT2D eigenvalue weighted by Crippen LogP contribution is -2.25. The fourth-order valence-electron chi connectivity index (χ4n) is 1.89. The van der Waals surface area contributed by atoms with Crippen LogP contribution < -0.4 is 5.73 Å². The monoisotopic (exact) mass is 273 g/mol. The Morgan fingerprint density at radius 2 is 2.12 bits per heavy atom. The first-order valence-electron chi connectivity index (χ1n) is 5.65. The molecule has 0 spiro atoms. The summed E-state index contributed by atoms with van der Waals surface area (Å²) in [5.74, 6) is 0.504. The van der Waals surface area contributed by atoms with Crippen molar-refractivity contribution < 1.29 is 8.95 Å². The van der Waals surface area contributed by atoms with E-state index in [4.69, 9.17) is 22.1 Å². The molecule has 1 heterocycles. The zero-order valence-corrected chi connectivity index (χ0v) is 11.1. The smallest absolute Gasteiger partial charge is 0.0503 e. The fraction of sp³-hybridized carbons (Fsp3) is 0.500. The first kappa shape index (κ1) is 12.9. The summed E-state index contributed by atoms with van der Waals surface area (Å²) in [6.07, 6.45) is 1.75. The molecule has 0 radical (unpaired) electrons. The van der Waals surface area contributed by atoms with Crippen molar-refractivity contribution in [2.75, 3.05) is 18.9 Å². The van der Waals surface area contributed by atoms with E-state index < -0.39 is 10.8 Å². The summed E-state index contributed by atoms with van der Waals surface area (Å²) in [6, 6.07) is 5.36. The normalized spacial score (nSPS) is 19.1. The van der Waals surface area contributed by atoms with Crippen LogP contribution in [0.3, 0.4) is 0 Å². The summed E-state index contributed by atoms with van der Waals surface area (Å²) in [6.45, 7) is 1.43. The molecule has 3 nitrogen and oxygen atoms in total. The maximum Gasteiger partial charge on any atom is 0.0503 e. The van der Waals surface area contributed by atoms with E-state index >= 15 is 0 Å². The summed E-state index contributed by atoms with van der Waals surface area (Å²) in [7, 11) is -0.880. The third-order valence-corrected chi connectivity index (χ3v) is 5.08. The van der Waals surface area contributed by atoms with Gasteiger partial charge in [0.2, 0.25) is 0 Å². The second-order valence-electron chi connectivity index (χ2n) is 4.19. The molecule has 1 aliphatic rings. The molecule has 0 aliphatic carbocycles. The van der Waals surface area contributed by atoms with Gasteiger partial charge in [0.05, 0.1) is 5.75 Å². The number of nitrogens with two attached hydrogens (primary N) is 1. The van der Waals surface area contributed by atoms with E-state index in [-0.39, 0.29) is 5.25 Å². The summed E-state index contributed by atoms with van der Waals surface area (Å²) < 4.78 is 17.4. The maximum atomic E-state index is 12.2. The van der Waals surface area contributed by atoms with Crippen LogP contribution in [0.15, 0.2) is 18.2 Å². The Balaban J connectivity index is 2.02. The largest absolute Gasteiger partial charge is 0.399 e. The van der Waals surface area contributed by atoms with Gasteiger partial charge in [0, 0.05) is 40.0 Å². The van der Waals surface area contributed by atoms with Gasteiger partial charge < -0.3 is 10.5 Å². The molecule has 17 heavy (non-hydrogen) atoms. The van der Waals surface area contributed by atoms with Gasteiger partial charge in [0.15, 0.2) is 0 Å².